The number of aromatic nitrogens is 2. The molecule has 1 amide bonds. The molecule has 7 heteroatoms. The third kappa shape index (κ3) is 3.89. The van der Waals surface area contributed by atoms with E-state index in [4.69, 9.17) is 9.15 Å². The van der Waals surface area contributed by atoms with Crippen molar-refractivity contribution in [2.75, 3.05) is 11.9 Å². The van der Waals surface area contributed by atoms with E-state index in [0.29, 0.717) is 34.8 Å². The van der Waals surface area contributed by atoms with Crippen LogP contribution in [-0.4, -0.2) is 22.5 Å². The molecule has 0 radical (unpaired) electrons. The lowest BCUT2D eigenvalue weighted by Gasteiger charge is -2.06. The van der Waals surface area contributed by atoms with E-state index in [1.54, 1.807) is 54.9 Å². The Balaban J connectivity index is 1.55. The molecular formula is C21H16BrN3O3. The topological polar surface area (TPSA) is 77.2 Å². The fraction of sp³-hybridized carbons (Fsp3) is 0.0952. The number of pyridine rings is 1. The van der Waals surface area contributed by atoms with E-state index in [1.165, 1.54) is 0 Å². The van der Waals surface area contributed by atoms with Gasteiger partial charge in [0.05, 0.1) is 12.2 Å². The third-order valence-electron chi connectivity index (χ3n) is 4.02. The number of oxazole rings is 1. The zero-order valence-electron chi connectivity index (χ0n) is 15.0. The number of ether oxygens (including phenoxy) is 1. The van der Waals surface area contributed by atoms with E-state index in [0.717, 1.165) is 15.8 Å². The third-order valence-corrected chi connectivity index (χ3v) is 4.46. The molecule has 140 valence electrons. The molecule has 0 unspecified atom stereocenters. The minimum Gasteiger partial charge on any atom is -0.494 e. The first kappa shape index (κ1) is 18.2. The second-order valence-electron chi connectivity index (χ2n) is 6.00. The number of amides is 1. The SMILES string of the molecule is CCOc1ccc(C(=O)Nc2ccc3oc(-c4cncc(Br)c4)nc3c2)cc1. The van der Waals surface area contributed by atoms with E-state index in [2.05, 4.69) is 31.2 Å². The molecule has 0 saturated carbocycles. The molecule has 0 bridgehead atoms. The Kier molecular flexibility index (Phi) is 5.08. The van der Waals surface area contributed by atoms with Gasteiger partial charge in [0.2, 0.25) is 5.89 Å². The zero-order valence-corrected chi connectivity index (χ0v) is 16.6. The summed E-state index contributed by atoms with van der Waals surface area (Å²) in [5.74, 6) is 0.999. The summed E-state index contributed by atoms with van der Waals surface area (Å²) in [5.41, 5.74) is 3.24. The van der Waals surface area contributed by atoms with Crippen molar-refractivity contribution in [2.24, 2.45) is 0 Å². The molecule has 0 fully saturated rings. The second-order valence-corrected chi connectivity index (χ2v) is 6.92. The summed E-state index contributed by atoms with van der Waals surface area (Å²) >= 11 is 3.39. The smallest absolute Gasteiger partial charge is 0.255 e. The number of nitrogens with one attached hydrogen (secondary N) is 1. The molecule has 6 nitrogen and oxygen atoms in total. The molecule has 28 heavy (non-hydrogen) atoms. The number of carbonyl (C=O) groups is 1. The fourth-order valence-electron chi connectivity index (χ4n) is 2.73. The Morgan fingerprint density at radius 3 is 2.71 bits per heavy atom. The van der Waals surface area contributed by atoms with Gasteiger partial charge >= 0.3 is 0 Å². The fourth-order valence-corrected chi connectivity index (χ4v) is 3.09. The lowest BCUT2D eigenvalue weighted by atomic mass is 10.2. The van der Waals surface area contributed by atoms with E-state index in [1.807, 2.05) is 13.0 Å². The summed E-state index contributed by atoms with van der Waals surface area (Å²) in [6.07, 6.45) is 3.38. The van der Waals surface area contributed by atoms with E-state index >= 15 is 0 Å². The van der Waals surface area contributed by atoms with E-state index < -0.39 is 0 Å². The number of hydrogen-bond acceptors (Lipinski definition) is 5. The normalized spacial score (nSPS) is 10.8. The molecule has 0 aliphatic heterocycles. The van der Waals surface area contributed by atoms with Gasteiger partial charge in [0, 0.05) is 28.1 Å². The number of anilines is 1. The highest BCUT2D eigenvalue weighted by molar-refractivity contribution is 9.10. The first-order valence-corrected chi connectivity index (χ1v) is 9.47. The molecule has 0 aliphatic rings. The van der Waals surface area contributed by atoms with Crippen molar-refractivity contribution < 1.29 is 13.9 Å². The van der Waals surface area contributed by atoms with Crippen molar-refractivity contribution >= 4 is 38.6 Å². The molecule has 2 heterocycles. The van der Waals surface area contributed by atoms with Crippen molar-refractivity contribution in [1.29, 1.82) is 0 Å². The number of nitrogens with zero attached hydrogens (tertiary/aromatic N) is 2. The Hall–Kier alpha value is -3.19. The van der Waals surface area contributed by atoms with Crippen LogP contribution in [0.3, 0.4) is 0 Å². The minimum atomic E-state index is -0.206. The number of benzene rings is 2. The van der Waals surface area contributed by atoms with Crippen LogP contribution in [0.25, 0.3) is 22.6 Å². The lowest BCUT2D eigenvalue weighted by Crippen LogP contribution is -2.11. The maximum Gasteiger partial charge on any atom is 0.255 e. The number of fused-ring (bicyclic) bond motifs is 1. The van der Waals surface area contributed by atoms with Crippen LogP contribution in [0.1, 0.15) is 17.3 Å². The van der Waals surface area contributed by atoms with Crippen LogP contribution >= 0.6 is 15.9 Å². The van der Waals surface area contributed by atoms with Crippen LogP contribution in [0.4, 0.5) is 5.69 Å². The van der Waals surface area contributed by atoms with Crippen LogP contribution in [-0.2, 0) is 0 Å². The highest BCUT2D eigenvalue weighted by Crippen LogP contribution is 2.27. The van der Waals surface area contributed by atoms with Crippen LogP contribution in [0.2, 0.25) is 0 Å². The zero-order chi connectivity index (χ0) is 19.5. The van der Waals surface area contributed by atoms with E-state index in [9.17, 15) is 4.79 Å². The molecule has 4 aromatic rings. The standard InChI is InChI=1S/C21H16BrN3O3/c1-2-27-17-6-3-13(4-7-17)20(26)24-16-5-8-19-18(10-16)25-21(28-19)14-9-15(22)12-23-11-14/h3-12H,2H2,1H3,(H,24,26). The summed E-state index contributed by atoms with van der Waals surface area (Å²) in [6.45, 7) is 2.50. The Morgan fingerprint density at radius 2 is 1.96 bits per heavy atom. The van der Waals surface area contributed by atoms with Gasteiger partial charge in [-0.1, -0.05) is 0 Å². The van der Waals surface area contributed by atoms with Gasteiger partial charge in [0.25, 0.3) is 5.91 Å². The van der Waals surface area contributed by atoms with Gasteiger partial charge in [-0.05, 0) is 71.4 Å². The van der Waals surface area contributed by atoms with Crippen LogP contribution in [0, 0.1) is 0 Å². The van der Waals surface area contributed by atoms with Crippen LogP contribution in [0.5, 0.6) is 5.75 Å². The van der Waals surface area contributed by atoms with Gasteiger partial charge in [-0.3, -0.25) is 9.78 Å². The molecule has 0 saturated heterocycles. The number of halogens is 1. The summed E-state index contributed by atoms with van der Waals surface area (Å²) < 4.78 is 12.0. The van der Waals surface area contributed by atoms with E-state index in [-0.39, 0.29) is 5.91 Å². The number of carbonyl (C=O) groups excluding carboxylic acids is 1. The Bertz CT molecular complexity index is 1140. The summed E-state index contributed by atoms with van der Waals surface area (Å²) in [6, 6.07) is 14.2. The average Bonchev–Trinajstić information content (AvgIpc) is 3.12. The molecule has 0 spiro atoms. The second kappa shape index (κ2) is 7.82. The Morgan fingerprint density at radius 1 is 1.14 bits per heavy atom. The molecular weight excluding hydrogens is 422 g/mol. The summed E-state index contributed by atoms with van der Waals surface area (Å²) in [5, 5.41) is 2.88. The maximum atomic E-state index is 12.5. The van der Waals surface area contributed by atoms with Gasteiger partial charge < -0.3 is 14.5 Å². The maximum absolute atomic E-state index is 12.5. The first-order valence-electron chi connectivity index (χ1n) is 8.68. The largest absolute Gasteiger partial charge is 0.494 e. The van der Waals surface area contributed by atoms with Crippen molar-refractivity contribution in [3.63, 3.8) is 0 Å². The molecule has 0 aliphatic carbocycles. The molecule has 0 atom stereocenters. The lowest BCUT2D eigenvalue weighted by molar-refractivity contribution is 0.102. The van der Waals surface area contributed by atoms with Gasteiger partial charge in [-0.2, -0.15) is 0 Å². The Labute approximate surface area is 169 Å². The number of hydrogen-bond donors (Lipinski definition) is 1. The quantitative estimate of drug-likeness (QED) is 0.458. The van der Waals surface area contributed by atoms with Crippen molar-refractivity contribution in [1.82, 2.24) is 9.97 Å². The highest BCUT2D eigenvalue weighted by Gasteiger charge is 2.11. The van der Waals surface area contributed by atoms with Crippen LogP contribution in [0.15, 0.2) is 69.8 Å². The summed E-state index contributed by atoms with van der Waals surface area (Å²) in [4.78, 5) is 21.1. The minimum absolute atomic E-state index is 0.206. The molecule has 4 rings (SSSR count). The van der Waals surface area contributed by atoms with Crippen molar-refractivity contribution in [3.8, 4) is 17.2 Å². The predicted molar refractivity (Wildman–Crippen MR) is 111 cm³/mol. The summed E-state index contributed by atoms with van der Waals surface area (Å²) in [7, 11) is 0. The predicted octanol–water partition coefficient (Wildman–Crippen LogP) is 5.30. The van der Waals surface area contributed by atoms with Gasteiger partial charge in [0.15, 0.2) is 5.58 Å². The molecule has 2 aromatic carbocycles. The molecule has 2 aromatic heterocycles. The molecule has 1 N–H and O–H groups in total. The van der Waals surface area contributed by atoms with Gasteiger partial charge in [0.1, 0.15) is 11.3 Å². The highest BCUT2D eigenvalue weighted by atomic mass is 79.9. The van der Waals surface area contributed by atoms with Crippen molar-refractivity contribution in [3.05, 3.63) is 71.0 Å². The van der Waals surface area contributed by atoms with Gasteiger partial charge in [-0.15, -0.1) is 0 Å². The first-order chi connectivity index (χ1) is 13.6. The average molecular weight is 438 g/mol. The van der Waals surface area contributed by atoms with Gasteiger partial charge in [-0.25, -0.2) is 4.98 Å². The van der Waals surface area contributed by atoms with Crippen LogP contribution < -0.4 is 10.1 Å². The van der Waals surface area contributed by atoms with Crippen molar-refractivity contribution in [2.45, 2.75) is 6.92 Å². The monoisotopic (exact) mass is 437 g/mol. The number of rotatable bonds is 5.